The largest absolute Gasteiger partial charge is 0.390 e. The second-order valence-corrected chi connectivity index (χ2v) is 5.44. The quantitative estimate of drug-likeness (QED) is 0.752. The van der Waals surface area contributed by atoms with Crippen LogP contribution in [0.1, 0.15) is 39.5 Å². The van der Waals surface area contributed by atoms with E-state index in [0.717, 1.165) is 32.5 Å². The third kappa shape index (κ3) is 3.16. The van der Waals surface area contributed by atoms with Crippen molar-refractivity contribution in [3.63, 3.8) is 0 Å². The molecular weight excluding hydrogens is 190 g/mol. The summed E-state index contributed by atoms with van der Waals surface area (Å²) in [6.45, 7) is 7.18. The lowest BCUT2D eigenvalue weighted by atomic mass is 9.93. The minimum atomic E-state index is -0.430. The van der Waals surface area contributed by atoms with Crippen LogP contribution in [0.2, 0.25) is 0 Å². The van der Waals surface area contributed by atoms with Gasteiger partial charge in [-0.3, -0.25) is 0 Å². The first-order valence-electron chi connectivity index (χ1n) is 6.15. The molecule has 2 saturated heterocycles. The van der Waals surface area contributed by atoms with Crippen molar-refractivity contribution in [1.82, 2.24) is 4.90 Å². The van der Waals surface area contributed by atoms with Crippen molar-refractivity contribution in [1.29, 1.82) is 0 Å². The first-order valence-corrected chi connectivity index (χ1v) is 6.15. The number of hydrogen-bond donors (Lipinski definition) is 1. The van der Waals surface area contributed by atoms with Gasteiger partial charge in [0, 0.05) is 19.6 Å². The maximum atomic E-state index is 9.84. The SMILES string of the molecule is CC1CCC(CN2CCC(C)(O)CC2)O1. The van der Waals surface area contributed by atoms with Crippen LogP contribution >= 0.6 is 0 Å². The molecule has 2 rings (SSSR count). The zero-order valence-electron chi connectivity index (χ0n) is 9.91. The lowest BCUT2D eigenvalue weighted by molar-refractivity contribution is -0.0254. The average molecular weight is 213 g/mol. The average Bonchev–Trinajstić information content (AvgIpc) is 2.55. The van der Waals surface area contributed by atoms with Gasteiger partial charge in [-0.1, -0.05) is 0 Å². The Morgan fingerprint density at radius 2 is 2.00 bits per heavy atom. The lowest BCUT2D eigenvalue weighted by Crippen LogP contribution is -2.45. The maximum absolute atomic E-state index is 9.84. The van der Waals surface area contributed by atoms with Crippen LogP contribution in [-0.2, 0) is 4.74 Å². The normalized spacial score (nSPS) is 37.0. The topological polar surface area (TPSA) is 32.7 Å². The van der Waals surface area contributed by atoms with Crippen molar-refractivity contribution in [2.75, 3.05) is 19.6 Å². The standard InChI is InChI=1S/C12H23NO2/c1-10-3-4-11(15-10)9-13-7-5-12(2,14)6-8-13/h10-11,14H,3-9H2,1-2H3. The van der Waals surface area contributed by atoms with Gasteiger partial charge in [-0.2, -0.15) is 0 Å². The zero-order valence-corrected chi connectivity index (χ0v) is 9.91. The fraction of sp³-hybridized carbons (Fsp3) is 1.00. The maximum Gasteiger partial charge on any atom is 0.0706 e. The van der Waals surface area contributed by atoms with Crippen molar-refractivity contribution in [2.45, 2.75) is 57.3 Å². The summed E-state index contributed by atoms with van der Waals surface area (Å²) in [6.07, 6.45) is 5.08. The number of aliphatic hydroxyl groups is 1. The summed E-state index contributed by atoms with van der Waals surface area (Å²) < 4.78 is 5.81. The smallest absolute Gasteiger partial charge is 0.0706 e. The molecule has 3 nitrogen and oxygen atoms in total. The summed E-state index contributed by atoms with van der Waals surface area (Å²) in [6, 6.07) is 0. The highest BCUT2D eigenvalue weighted by Crippen LogP contribution is 2.24. The minimum Gasteiger partial charge on any atom is -0.390 e. The Balaban J connectivity index is 1.73. The Hall–Kier alpha value is -0.120. The van der Waals surface area contributed by atoms with Crippen LogP contribution in [0.3, 0.4) is 0 Å². The highest BCUT2D eigenvalue weighted by atomic mass is 16.5. The number of hydrogen-bond acceptors (Lipinski definition) is 3. The Labute approximate surface area is 92.4 Å². The van der Waals surface area contributed by atoms with Gasteiger partial charge in [-0.05, 0) is 39.5 Å². The molecule has 88 valence electrons. The highest BCUT2D eigenvalue weighted by Gasteiger charge is 2.30. The summed E-state index contributed by atoms with van der Waals surface area (Å²) in [7, 11) is 0. The lowest BCUT2D eigenvalue weighted by Gasteiger charge is -2.36. The van der Waals surface area contributed by atoms with E-state index in [2.05, 4.69) is 11.8 Å². The molecule has 0 aromatic rings. The summed E-state index contributed by atoms with van der Waals surface area (Å²) in [5.41, 5.74) is -0.430. The number of ether oxygens (including phenoxy) is 1. The summed E-state index contributed by atoms with van der Waals surface area (Å²) in [4.78, 5) is 2.43. The molecule has 3 heteroatoms. The predicted octanol–water partition coefficient (Wildman–Crippen LogP) is 1.40. The molecule has 2 unspecified atom stereocenters. The van der Waals surface area contributed by atoms with Gasteiger partial charge in [0.05, 0.1) is 17.8 Å². The molecule has 0 amide bonds. The molecular formula is C12H23NO2. The van der Waals surface area contributed by atoms with E-state index in [1.165, 1.54) is 12.8 Å². The molecule has 1 N–H and O–H groups in total. The van der Waals surface area contributed by atoms with Crippen molar-refractivity contribution < 1.29 is 9.84 Å². The van der Waals surface area contributed by atoms with Gasteiger partial charge >= 0.3 is 0 Å². The van der Waals surface area contributed by atoms with Gasteiger partial charge < -0.3 is 14.7 Å². The molecule has 0 aromatic heterocycles. The molecule has 15 heavy (non-hydrogen) atoms. The van der Waals surface area contributed by atoms with Gasteiger partial charge in [0.1, 0.15) is 0 Å². The minimum absolute atomic E-state index is 0.430. The fourth-order valence-corrected chi connectivity index (χ4v) is 2.52. The molecule has 0 radical (unpaired) electrons. The molecule has 0 spiro atoms. The number of nitrogens with zero attached hydrogens (tertiary/aromatic N) is 1. The van der Waals surface area contributed by atoms with E-state index in [0.29, 0.717) is 12.2 Å². The Kier molecular flexibility index (Phi) is 3.33. The van der Waals surface area contributed by atoms with Crippen molar-refractivity contribution in [2.24, 2.45) is 0 Å². The summed E-state index contributed by atoms with van der Waals surface area (Å²) >= 11 is 0. The Morgan fingerprint density at radius 1 is 1.33 bits per heavy atom. The van der Waals surface area contributed by atoms with E-state index in [-0.39, 0.29) is 0 Å². The van der Waals surface area contributed by atoms with E-state index < -0.39 is 5.60 Å². The number of likely N-dealkylation sites (tertiary alicyclic amines) is 1. The van der Waals surface area contributed by atoms with Gasteiger partial charge in [0.25, 0.3) is 0 Å². The van der Waals surface area contributed by atoms with Gasteiger partial charge in [-0.25, -0.2) is 0 Å². The molecule has 2 aliphatic heterocycles. The van der Waals surface area contributed by atoms with E-state index in [4.69, 9.17) is 4.74 Å². The summed E-state index contributed by atoms with van der Waals surface area (Å²) in [5, 5.41) is 9.84. The van der Waals surface area contributed by atoms with Crippen molar-refractivity contribution >= 4 is 0 Å². The van der Waals surface area contributed by atoms with E-state index in [9.17, 15) is 5.11 Å². The number of rotatable bonds is 2. The monoisotopic (exact) mass is 213 g/mol. The Morgan fingerprint density at radius 3 is 2.53 bits per heavy atom. The first-order chi connectivity index (χ1) is 7.05. The predicted molar refractivity (Wildman–Crippen MR) is 59.9 cm³/mol. The van der Waals surface area contributed by atoms with Crippen LogP contribution < -0.4 is 0 Å². The van der Waals surface area contributed by atoms with Crippen LogP contribution in [0.5, 0.6) is 0 Å². The highest BCUT2D eigenvalue weighted by molar-refractivity contribution is 4.83. The van der Waals surface area contributed by atoms with Crippen LogP contribution in [0.4, 0.5) is 0 Å². The number of piperidine rings is 1. The van der Waals surface area contributed by atoms with Crippen LogP contribution in [0, 0.1) is 0 Å². The van der Waals surface area contributed by atoms with Crippen LogP contribution in [0.15, 0.2) is 0 Å². The second-order valence-electron chi connectivity index (χ2n) is 5.44. The van der Waals surface area contributed by atoms with Crippen LogP contribution in [-0.4, -0.2) is 47.4 Å². The van der Waals surface area contributed by atoms with Crippen molar-refractivity contribution in [3.05, 3.63) is 0 Å². The van der Waals surface area contributed by atoms with E-state index in [1.807, 2.05) is 6.92 Å². The van der Waals surface area contributed by atoms with E-state index in [1.54, 1.807) is 0 Å². The molecule has 0 aliphatic carbocycles. The van der Waals surface area contributed by atoms with E-state index >= 15 is 0 Å². The van der Waals surface area contributed by atoms with Gasteiger partial charge in [-0.15, -0.1) is 0 Å². The molecule has 0 aromatic carbocycles. The molecule has 2 fully saturated rings. The van der Waals surface area contributed by atoms with Gasteiger partial charge in [0.2, 0.25) is 0 Å². The zero-order chi connectivity index (χ0) is 10.9. The Bertz CT molecular complexity index is 208. The summed E-state index contributed by atoms with van der Waals surface area (Å²) in [5.74, 6) is 0. The third-order valence-corrected chi connectivity index (χ3v) is 3.71. The fourth-order valence-electron chi connectivity index (χ4n) is 2.52. The molecule has 2 atom stereocenters. The third-order valence-electron chi connectivity index (χ3n) is 3.71. The molecule has 2 aliphatic rings. The van der Waals surface area contributed by atoms with Crippen LogP contribution in [0.25, 0.3) is 0 Å². The second kappa shape index (κ2) is 4.40. The first kappa shape index (κ1) is 11.4. The molecule has 2 heterocycles. The van der Waals surface area contributed by atoms with Gasteiger partial charge in [0.15, 0.2) is 0 Å². The molecule has 0 bridgehead atoms. The van der Waals surface area contributed by atoms with Crippen molar-refractivity contribution in [3.8, 4) is 0 Å². The molecule has 0 saturated carbocycles.